The van der Waals surface area contributed by atoms with Crippen molar-refractivity contribution in [3.63, 3.8) is 0 Å². The maximum atomic E-state index is 12.9. The molecular weight excluding hydrogens is 507 g/mol. The van der Waals surface area contributed by atoms with Gasteiger partial charge in [-0.15, -0.1) is 23.2 Å². The molecule has 2 amide bonds. The van der Waals surface area contributed by atoms with Gasteiger partial charge in [-0.05, 0) is 37.5 Å². The number of aliphatic hydroxyl groups is 1. The average Bonchev–Trinajstić information content (AvgIpc) is 3.21. The third-order valence-electron chi connectivity index (χ3n) is 5.14. The minimum atomic E-state index is -0.891. The van der Waals surface area contributed by atoms with Gasteiger partial charge < -0.3 is 24.9 Å². The number of ether oxygens (including phenoxy) is 1. The summed E-state index contributed by atoms with van der Waals surface area (Å²) in [6.45, 7) is 3.07. The molecule has 1 aromatic carbocycles. The number of carbonyl (C=O) groups is 3. The minimum Gasteiger partial charge on any atom is -0.462 e. The van der Waals surface area contributed by atoms with E-state index in [1.54, 1.807) is 19.1 Å². The summed E-state index contributed by atoms with van der Waals surface area (Å²) in [6.07, 6.45) is 2.48. The third kappa shape index (κ3) is 8.44. The van der Waals surface area contributed by atoms with Gasteiger partial charge in [0.15, 0.2) is 5.58 Å². The number of amides is 2. The minimum absolute atomic E-state index is 0.0594. The van der Waals surface area contributed by atoms with Gasteiger partial charge in [0, 0.05) is 49.9 Å². The maximum Gasteiger partial charge on any atom is 0.342 e. The molecule has 2 aromatic rings. The Kier molecular flexibility index (Phi) is 12.6. The number of hydrogen-bond acceptors (Lipinski definition) is 6. The number of carbonyl (C=O) groups excluding carboxylic acids is 3. The van der Waals surface area contributed by atoms with Crippen LogP contribution in [0.15, 0.2) is 16.5 Å². The van der Waals surface area contributed by atoms with Crippen LogP contribution < -0.4 is 10.6 Å². The third-order valence-corrected chi connectivity index (χ3v) is 5.68. The zero-order chi connectivity index (χ0) is 26.5. The molecular formula is C26H32Cl2N2O6. The van der Waals surface area contributed by atoms with Crippen molar-refractivity contribution in [3.8, 4) is 11.8 Å². The number of aryl methyl sites for hydroxylation is 1. The van der Waals surface area contributed by atoms with Crippen molar-refractivity contribution in [3.05, 3.63) is 34.6 Å². The molecule has 0 unspecified atom stereocenters. The normalized spacial score (nSPS) is 11.5. The van der Waals surface area contributed by atoms with Gasteiger partial charge in [0.25, 0.3) is 0 Å². The standard InChI is InChI=1S/C26H32Cl2N2O6/c1-3-35-26(34)23-20-15-18(16-21(30-17(2)32)25(33)29-12-13-31)14-19(8-5-4-6-10-27)24(20)36-22(23)9-7-11-28/h14-15,21,31H,3-4,6-7,9-13,16H2,1-2H3,(H,29,33)(H,30,32)/t21-/m0/s1. The van der Waals surface area contributed by atoms with E-state index in [-0.39, 0.29) is 32.1 Å². The number of furan rings is 1. The second kappa shape index (κ2) is 15.4. The monoisotopic (exact) mass is 538 g/mol. The van der Waals surface area contributed by atoms with E-state index >= 15 is 0 Å². The van der Waals surface area contributed by atoms with Crippen molar-refractivity contribution < 1.29 is 28.6 Å². The number of aliphatic hydroxyl groups excluding tert-OH is 1. The van der Waals surface area contributed by atoms with Gasteiger partial charge in [0.05, 0.1) is 18.8 Å². The molecule has 1 aromatic heterocycles. The van der Waals surface area contributed by atoms with Crippen LogP contribution in [0.5, 0.6) is 0 Å². The molecule has 196 valence electrons. The Morgan fingerprint density at radius 3 is 2.58 bits per heavy atom. The van der Waals surface area contributed by atoms with Gasteiger partial charge in [-0.2, -0.15) is 0 Å². The Hall–Kier alpha value is -2.73. The summed E-state index contributed by atoms with van der Waals surface area (Å²) in [5.74, 6) is 6.21. The van der Waals surface area contributed by atoms with Crippen molar-refractivity contribution in [1.82, 2.24) is 10.6 Å². The highest BCUT2D eigenvalue weighted by atomic mass is 35.5. The van der Waals surface area contributed by atoms with Crippen LogP contribution in [0.3, 0.4) is 0 Å². The number of nitrogens with one attached hydrogen (secondary N) is 2. The first-order valence-corrected chi connectivity index (χ1v) is 12.9. The molecule has 36 heavy (non-hydrogen) atoms. The second-order valence-electron chi connectivity index (χ2n) is 8.00. The molecule has 0 saturated heterocycles. The van der Waals surface area contributed by atoms with E-state index in [2.05, 4.69) is 22.5 Å². The number of benzene rings is 1. The summed E-state index contributed by atoms with van der Waals surface area (Å²) in [7, 11) is 0. The highest BCUT2D eigenvalue weighted by molar-refractivity contribution is 6.18. The largest absolute Gasteiger partial charge is 0.462 e. The smallest absolute Gasteiger partial charge is 0.342 e. The lowest BCUT2D eigenvalue weighted by Gasteiger charge is -2.18. The van der Waals surface area contributed by atoms with Gasteiger partial charge in [-0.3, -0.25) is 9.59 Å². The van der Waals surface area contributed by atoms with Crippen LogP contribution in [0.25, 0.3) is 11.0 Å². The van der Waals surface area contributed by atoms with Crippen LogP contribution in [0.1, 0.15) is 60.4 Å². The molecule has 3 N–H and O–H groups in total. The second-order valence-corrected chi connectivity index (χ2v) is 8.76. The van der Waals surface area contributed by atoms with Gasteiger partial charge in [0.1, 0.15) is 17.4 Å². The zero-order valence-electron chi connectivity index (χ0n) is 20.5. The molecule has 0 fully saturated rings. The first kappa shape index (κ1) is 29.5. The number of halogens is 2. The highest BCUT2D eigenvalue weighted by Crippen LogP contribution is 2.32. The molecule has 0 aliphatic rings. The molecule has 10 heteroatoms. The van der Waals surface area contributed by atoms with E-state index in [9.17, 15) is 14.4 Å². The van der Waals surface area contributed by atoms with E-state index in [1.165, 1.54) is 6.92 Å². The molecule has 0 spiro atoms. The Balaban J connectivity index is 2.64. The van der Waals surface area contributed by atoms with E-state index in [1.807, 2.05) is 0 Å². The zero-order valence-corrected chi connectivity index (χ0v) is 22.1. The molecule has 0 bridgehead atoms. The Morgan fingerprint density at radius 1 is 1.19 bits per heavy atom. The fraction of sp³-hybridized carbons (Fsp3) is 0.500. The summed E-state index contributed by atoms with van der Waals surface area (Å²) in [4.78, 5) is 37.3. The SMILES string of the molecule is CCOC(=O)c1c(CCCCl)oc2c(C#CCCCCl)cc(C[C@H](NC(C)=O)C(=O)NCCO)cc12. The first-order valence-electron chi connectivity index (χ1n) is 11.9. The lowest BCUT2D eigenvalue weighted by molar-refractivity contribution is -0.128. The molecule has 0 saturated carbocycles. The Morgan fingerprint density at radius 2 is 1.94 bits per heavy atom. The highest BCUT2D eigenvalue weighted by Gasteiger charge is 2.26. The average molecular weight is 539 g/mol. The number of rotatable bonds is 13. The fourth-order valence-electron chi connectivity index (χ4n) is 3.66. The Bertz CT molecular complexity index is 1120. The molecule has 0 aliphatic heterocycles. The van der Waals surface area contributed by atoms with Crippen LogP contribution in [-0.4, -0.2) is 60.5 Å². The summed E-state index contributed by atoms with van der Waals surface area (Å²) < 4.78 is 11.4. The van der Waals surface area contributed by atoms with E-state index in [0.29, 0.717) is 64.4 Å². The number of esters is 1. The quantitative estimate of drug-likeness (QED) is 0.156. The molecule has 0 aliphatic carbocycles. The van der Waals surface area contributed by atoms with Gasteiger partial charge in [-0.25, -0.2) is 4.79 Å². The van der Waals surface area contributed by atoms with Crippen LogP contribution >= 0.6 is 23.2 Å². The van der Waals surface area contributed by atoms with Crippen molar-refractivity contribution >= 4 is 52.0 Å². The number of alkyl halides is 2. The van der Waals surface area contributed by atoms with Crippen molar-refractivity contribution in [2.45, 2.75) is 52.0 Å². The number of unbranched alkanes of at least 4 members (excludes halogenated alkanes) is 1. The number of hydrogen-bond donors (Lipinski definition) is 3. The van der Waals surface area contributed by atoms with Gasteiger partial charge >= 0.3 is 5.97 Å². The molecule has 0 radical (unpaired) electrons. The summed E-state index contributed by atoms with van der Waals surface area (Å²) >= 11 is 11.7. The van der Waals surface area contributed by atoms with Crippen molar-refractivity contribution in [2.75, 3.05) is 31.5 Å². The van der Waals surface area contributed by atoms with E-state index < -0.39 is 17.9 Å². The topological polar surface area (TPSA) is 118 Å². The Labute approximate surface area is 221 Å². The molecule has 2 rings (SSSR count). The first-order chi connectivity index (χ1) is 17.4. The lowest BCUT2D eigenvalue weighted by Crippen LogP contribution is -2.48. The summed E-state index contributed by atoms with van der Waals surface area (Å²) in [5.41, 5.74) is 1.98. The maximum absolute atomic E-state index is 12.9. The summed E-state index contributed by atoms with van der Waals surface area (Å²) in [5, 5.41) is 14.8. The lowest BCUT2D eigenvalue weighted by atomic mass is 9.98. The van der Waals surface area contributed by atoms with Crippen LogP contribution in [0.4, 0.5) is 0 Å². The summed E-state index contributed by atoms with van der Waals surface area (Å²) in [6, 6.07) is 2.65. The van der Waals surface area contributed by atoms with Crippen LogP contribution in [-0.2, 0) is 27.2 Å². The molecule has 1 atom stereocenters. The molecule has 1 heterocycles. The van der Waals surface area contributed by atoms with E-state index in [4.69, 9.17) is 37.5 Å². The van der Waals surface area contributed by atoms with Gasteiger partial charge in [0.2, 0.25) is 11.8 Å². The number of fused-ring (bicyclic) bond motifs is 1. The van der Waals surface area contributed by atoms with Crippen molar-refractivity contribution in [2.24, 2.45) is 0 Å². The van der Waals surface area contributed by atoms with Crippen LogP contribution in [0.2, 0.25) is 0 Å². The van der Waals surface area contributed by atoms with Crippen molar-refractivity contribution in [1.29, 1.82) is 0 Å². The predicted octanol–water partition coefficient (Wildman–Crippen LogP) is 3.31. The van der Waals surface area contributed by atoms with E-state index in [0.717, 1.165) is 6.42 Å². The predicted molar refractivity (Wildman–Crippen MR) is 139 cm³/mol. The fourth-order valence-corrected chi connectivity index (χ4v) is 3.92. The van der Waals surface area contributed by atoms with Gasteiger partial charge in [-0.1, -0.05) is 11.8 Å². The van der Waals surface area contributed by atoms with Crippen LogP contribution in [0, 0.1) is 11.8 Å². The molecule has 8 nitrogen and oxygen atoms in total.